The molecule has 7 aromatic carbocycles. The molecule has 0 spiro atoms. The molecular weight excluding hydrogens is 635 g/mol. The molecule has 11 rings (SSSR count). The van der Waals surface area contributed by atoms with Crippen LogP contribution in [0.2, 0.25) is 0 Å². The molecule has 11 aromatic rings. The second kappa shape index (κ2) is 11.2. The highest BCUT2D eigenvalue weighted by Gasteiger charge is 2.20. The van der Waals surface area contributed by atoms with Crippen LogP contribution in [0.1, 0.15) is 0 Å². The Hall–Kier alpha value is -7.11. The number of pyridine rings is 1. The topological polar surface area (TPSA) is 48.5 Å². The Morgan fingerprint density at radius 1 is 0.365 bits per heavy atom. The molecule has 0 bridgehead atoms. The number of nitrogens with zero attached hydrogens (tertiary/aromatic N) is 5. The van der Waals surface area contributed by atoms with E-state index in [1.54, 1.807) is 0 Å². The van der Waals surface area contributed by atoms with Gasteiger partial charge in [-0.1, -0.05) is 97.1 Å². The van der Waals surface area contributed by atoms with Crippen LogP contribution in [0.4, 0.5) is 0 Å². The van der Waals surface area contributed by atoms with E-state index in [1.807, 2.05) is 60.9 Å². The number of benzene rings is 7. The van der Waals surface area contributed by atoms with E-state index >= 15 is 0 Å². The van der Waals surface area contributed by atoms with Gasteiger partial charge in [0.05, 0.1) is 56.4 Å². The van der Waals surface area contributed by atoms with Crippen LogP contribution in [0.25, 0.3) is 99.3 Å². The first-order chi connectivity index (χ1) is 25.8. The lowest BCUT2D eigenvalue weighted by Gasteiger charge is -2.13. The molecule has 52 heavy (non-hydrogen) atoms. The van der Waals surface area contributed by atoms with Crippen LogP contribution in [0.15, 0.2) is 176 Å². The summed E-state index contributed by atoms with van der Waals surface area (Å²) in [7, 11) is 0. The minimum Gasteiger partial charge on any atom is -0.309 e. The molecule has 0 saturated heterocycles. The molecule has 5 nitrogen and oxygen atoms in total. The van der Waals surface area contributed by atoms with Gasteiger partial charge in [0.15, 0.2) is 0 Å². The van der Waals surface area contributed by atoms with Gasteiger partial charge in [-0.3, -0.25) is 4.98 Å². The van der Waals surface area contributed by atoms with Gasteiger partial charge < -0.3 is 9.13 Å². The van der Waals surface area contributed by atoms with Crippen LogP contribution in [0, 0.1) is 0 Å². The van der Waals surface area contributed by atoms with E-state index in [0.29, 0.717) is 0 Å². The first-order valence-electron chi connectivity index (χ1n) is 17.5. The zero-order valence-electron chi connectivity index (χ0n) is 28.0. The molecule has 4 aromatic heterocycles. The lowest BCUT2D eigenvalue weighted by atomic mass is 10.0. The third-order valence-corrected chi connectivity index (χ3v) is 10.3. The molecule has 0 aliphatic rings. The normalized spacial score (nSPS) is 11.8. The monoisotopic (exact) mass is 663 g/mol. The number of rotatable bonds is 4. The Labute approximate surface area is 298 Å². The highest BCUT2D eigenvalue weighted by atomic mass is 15.0. The summed E-state index contributed by atoms with van der Waals surface area (Å²) in [5.74, 6) is 0. The van der Waals surface area contributed by atoms with Gasteiger partial charge in [0.25, 0.3) is 0 Å². The van der Waals surface area contributed by atoms with Gasteiger partial charge >= 0.3 is 0 Å². The molecule has 0 amide bonds. The highest BCUT2D eigenvalue weighted by Crippen LogP contribution is 2.41. The zero-order chi connectivity index (χ0) is 34.2. The van der Waals surface area contributed by atoms with E-state index in [2.05, 4.69) is 129 Å². The van der Waals surface area contributed by atoms with Crippen LogP contribution >= 0.6 is 0 Å². The van der Waals surface area contributed by atoms with Gasteiger partial charge in [-0.05, 0) is 77.5 Å². The van der Waals surface area contributed by atoms with Crippen molar-refractivity contribution in [2.45, 2.75) is 0 Å². The van der Waals surface area contributed by atoms with E-state index < -0.39 is 0 Å². The highest BCUT2D eigenvalue weighted by molar-refractivity contribution is 6.20. The van der Waals surface area contributed by atoms with Gasteiger partial charge in [0.2, 0.25) is 0 Å². The smallest absolute Gasteiger partial charge is 0.0973 e. The third-order valence-electron chi connectivity index (χ3n) is 10.3. The lowest BCUT2D eigenvalue weighted by molar-refractivity contribution is 1.14. The van der Waals surface area contributed by atoms with E-state index in [-0.39, 0.29) is 0 Å². The SMILES string of the molecule is c1ccc(-c2nc3ccccc3nc2-c2ccc(-n3c4ccccc4c4cc5c6cc7ccccc7cc6n(-c6cccnc6)c5cc43)cc2)cc1. The van der Waals surface area contributed by atoms with Gasteiger partial charge in [-0.15, -0.1) is 0 Å². The van der Waals surface area contributed by atoms with Gasteiger partial charge in [-0.25, -0.2) is 9.97 Å². The molecule has 0 unspecified atom stereocenters. The quantitative estimate of drug-likeness (QED) is 0.188. The lowest BCUT2D eigenvalue weighted by Crippen LogP contribution is -1.97. The molecule has 242 valence electrons. The number of hydrogen-bond donors (Lipinski definition) is 0. The standard InChI is InChI=1S/C47H29N5/c1-2-11-30(12-3-1)46-47(50-41-18-8-7-17-40(41)49-46)31-20-22-34(23-21-31)51-42-19-9-6-16-36(42)38-27-39-37-25-32-13-4-5-14-33(32)26-43(37)52(45(39)28-44(38)51)35-15-10-24-48-29-35/h1-29H. The van der Waals surface area contributed by atoms with E-state index in [4.69, 9.17) is 9.97 Å². The summed E-state index contributed by atoms with van der Waals surface area (Å²) in [6, 6.07) is 58.0. The molecule has 0 saturated carbocycles. The van der Waals surface area contributed by atoms with Crippen molar-refractivity contribution in [2.75, 3.05) is 0 Å². The van der Waals surface area contributed by atoms with Crippen molar-refractivity contribution in [3.8, 4) is 33.9 Å². The average Bonchev–Trinajstić information content (AvgIpc) is 3.70. The summed E-state index contributed by atoms with van der Waals surface area (Å²) < 4.78 is 4.75. The van der Waals surface area contributed by atoms with Crippen LogP contribution in [-0.2, 0) is 0 Å². The van der Waals surface area contributed by atoms with Crippen LogP contribution < -0.4 is 0 Å². The third kappa shape index (κ3) is 4.33. The first-order valence-corrected chi connectivity index (χ1v) is 17.5. The summed E-state index contributed by atoms with van der Waals surface area (Å²) in [5.41, 5.74) is 12.3. The Morgan fingerprint density at radius 2 is 0.942 bits per heavy atom. The molecule has 0 N–H and O–H groups in total. The fourth-order valence-electron chi connectivity index (χ4n) is 7.97. The number of para-hydroxylation sites is 3. The minimum atomic E-state index is 0.869. The minimum absolute atomic E-state index is 0.869. The summed E-state index contributed by atoms with van der Waals surface area (Å²) in [5, 5.41) is 7.34. The fraction of sp³-hybridized carbons (Fsp3) is 0. The summed E-state index contributed by atoms with van der Waals surface area (Å²) >= 11 is 0. The van der Waals surface area contributed by atoms with Crippen molar-refractivity contribution in [2.24, 2.45) is 0 Å². The molecule has 0 radical (unpaired) electrons. The molecule has 0 aliphatic carbocycles. The van der Waals surface area contributed by atoms with Crippen molar-refractivity contribution < 1.29 is 0 Å². The van der Waals surface area contributed by atoms with Gasteiger partial charge in [-0.2, -0.15) is 0 Å². The first kappa shape index (κ1) is 28.7. The van der Waals surface area contributed by atoms with E-state index in [0.717, 1.165) is 61.5 Å². The molecule has 0 aliphatic heterocycles. The molecule has 0 atom stereocenters. The summed E-state index contributed by atoms with van der Waals surface area (Å²) in [6.07, 6.45) is 3.78. The zero-order valence-corrected chi connectivity index (χ0v) is 28.0. The fourth-order valence-corrected chi connectivity index (χ4v) is 7.97. The largest absolute Gasteiger partial charge is 0.309 e. The maximum absolute atomic E-state index is 5.15. The second-order valence-corrected chi connectivity index (χ2v) is 13.3. The summed E-state index contributed by atoms with van der Waals surface area (Å²) in [4.78, 5) is 14.8. The number of hydrogen-bond acceptors (Lipinski definition) is 3. The van der Waals surface area contributed by atoms with Crippen LogP contribution in [0.5, 0.6) is 0 Å². The maximum Gasteiger partial charge on any atom is 0.0973 e. The molecule has 5 heteroatoms. The van der Waals surface area contributed by atoms with Crippen molar-refractivity contribution in [3.63, 3.8) is 0 Å². The van der Waals surface area contributed by atoms with E-state index in [9.17, 15) is 0 Å². The number of aromatic nitrogens is 5. The maximum atomic E-state index is 5.15. The van der Waals surface area contributed by atoms with Crippen LogP contribution in [0.3, 0.4) is 0 Å². The van der Waals surface area contributed by atoms with Crippen molar-refractivity contribution in [3.05, 3.63) is 176 Å². The molecular formula is C47H29N5. The van der Waals surface area contributed by atoms with Gasteiger partial charge in [0.1, 0.15) is 0 Å². The Kier molecular flexibility index (Phi) is 6.18. The Balaban J connectivity index is 1.16. The average molecular weight is 664 g/mol. The van der Waals surface area contributed by atoms with Crippen molar-refractivity contribution in [1.82, 2.24) is 24.1 Å². The Morgan fingerprint density at radius 3 is 1.67 bits per heavy atom. The Bertz CT molecular complexity index is 3160. The second-order valence-electron chi connectivity index (χ2n) is 13.3. The van der Waals surface area contributed by atoms with Crippen molar-refractivity contribution >= 4 is 65.4 Å². The number of fused-ring (bicyclic) bond motifs is 8. The predicted molar refractivity (Wildman–Crippen MR) is 214 cm³/mol. The molecule has 0 fully saturated rings. The van der Waals surface area contributed by atoms with Crippen LogP contribution in [-0.4, -0.2) is 24.1 Å². The molecule has 4 heterocycles. The predicted octanol–water partition coefficient (Wildman–Crippen LogP) is 11.7. The summed E-state index contributed by atoms with van der Waals surface area (Å²) in [6.45, 7) is 0. The van der Waals surface area contributed by atoms with Crippen molar-refractivity contribution in [1.29, 1.82) is 0 Å². The van der Waals surface area contributed by atoms with E-state index in [1.165, 1.54) is 37.8 Å². The van der Waals surface area contributed by atoms with Gasteiger partial charge in [0, 0.05) is 44.6 Å².